The van der Waals surface area contributed by atoms with Gasteiger partial charge in [0.1, 0.15) is 5.69 Å². The number of nitro benzene ring substituents is 2. The molecule has 110 valence electrons. The number of anilines is 1. The van der Waals surface area contributed by atoms with Gasteiger partial charge in [0.05, 0.1) is 21.6 Å². The fraction of sp³-hybridized carbons (Fsp3) is 0.308. The highest BCUT2D eigenvalue weighted by atomic mass is 16.6. The lowest BCUT2D eigenvalue weighted by Gasteiger charge is -2.04. The summed E-state index contributed by atoms with van der Waals surface area (Å²) in [4.78, 5) is 20.3. The lowest BCUT2D eigenvalue weighted by molar-refractivity contribution is -0.393. The largest absolute Gasteiger partial charge is 0.301 e. The second-order valence-electron chi connectivity index (χ2n) is 4.58. The standard InChI is InChI=1S/C13H14N4O4/c18-16(19)11-7-8-12(13(9-11)17(20)21)15-14-10-5-3-1-2-4-6-10/h3,5,7-9,15H,1-2,4,6H2. The third-order valence-electron chi connectivity index (χ3n) is 3.07. The molecule has 1 aliphatic rings. The summed E-state index contributed by atoms with van der Waals surface area (Å²) >= 11 is 0. The first-order chi connectivity index (χ1) is 10.1. The van der Waals surface area contributed by atoms with Crippen LogP contribution in [0.2, 0.25) is 0 Å². The summed E-state index contributed by atoms with van der Waals surface area (Å²) in [5, 5.41) is 25.8. The van der Waals surface area contributed by atoms with Crippen molar-refractivity contribution in [1.29, 1.82) is 0 Å². The molecule has 0 amide bonds. The monoisotopic (exact) mass is 290 g/mol. The number of nitrogens with one attached hydrogen (secondary N) is 1. The van der Waals surface area contributed by atoms with Gasteiger partial charge in [0.25, 0.3) is 5.69 Å². The number of rotatable bonds is 4. The average Bonchev–Trinajstić information content (AvgIpc) is 2.73. The van der Waals surface area contributed by atoms with Crippen molar-refractivity contribution in [2.75, 3.05) is 5.43 Å². The van der Waals surface area contributed by atoms with Crippen LogP contribution in [0.5, 0.6) is 0 Å². The van der Waals surface area contributed by atoms with E-state index in [1.54, 1.807) is 0 Å². The van der Waals surface area contributed by atoms with Gasteiger partial charge in [0.2, 0.25) is 0 Å². The maximum absolute atomic E-state index is 11.0. The van der Waals surface area contributed by atoms with Gasteiger partial charge in [-0.15, -0.1) is 0 Å². The van der Waals surface area contributed by atoms with E-state index in [2.05, 4.69) is 10.5 Å². The van der Waals surface area contributed by atoms with Crippen LogP contribution in [0, 0.1) is 20.2 Å². The minimum absolute atomic E-state index is 0.135. The van der Waals surface area contributed by atoms with Crippen molar-refractivity contribution in [3.05, 3.63) is 50.6 Å². The molecule has 21 heavy (non-hydrogen) atoms. The van der Waals surface area contributed by atoms with Gasteiger partial charge >= 0.3 is 5.69 Å². The maximum Gasteiger partial charge on any atom is 0.301 e. The van der Waals surface area contributed by atoms with Gasteiger partial charge in [0.15, 0.2) is 0 Å². The first kappa shape index (κ1) is 14.6. The molecule has 0 fully saturated rings. The van der Waals surface area contributed by atoms with Crippen LogP contribution in [0.15, 0.2) is 35.5 Å². The number of hydrogen-bond acceptors (Lipinski definition) is 6. The highest BCUT2D eigenvalue weighted by Crippen LogP contribution is 2.29. The van der Waals surface area contributed by atoms with Crippen LogP contribution in [-0.4, -0.2) is 15.6 Å². The van der Waals surface area contributed by atoms with Gasteiger partial charge < -0.3 is 0 Å². The molecule has 2 rings (SSSR count). The van der Waals surface area contributed by atoms with Crippen molar-refractivity contribution in [2.45, 2.75) is 25.7 Å². The number of nitro groups is 2. The van der Waals surface area contributed by atoms with Crippen LogP contribution in [0.4, 0.5) is 17.1 Å². The zero-order chi connectivity index (χ0) is 15.2. The summed E-state index contributed by atoms with van der Waals surface area (Å²) in [5.74, 6) is 0. The average molecular weight is 290 g/mol. The van der Waals surface area contributed by atoms with E-state index in [-0.39, 0.29) is 17.1 Å². The molecule has 1 aromatic rings. The molecular formula is C13H14N4O4. The molecular weight excluding hydrogens is 276 g/mol. The van der Waals surface area contributed by atoms with Gasteiger partial charge in [-0.1, -0.05) is 6.08 Å². The highest BCUT2D eigenvalue weighted by Gasteiger charge is 2.19. The van der Waals surface area contributed by atoms with E-state index in [9.17, 15) is 20.2 Å². The molecule has 0 unspecified atom stereocenters. The Morgan fingerprint density at radius 3 is 2.67 bits per heavy atom. The van der Waals surface area contributed by atoms with Gasteiger partial charge in [-0.05, 0) is 37.8 Å². The molecule has 0 aromatic heterocycles. The van der Waals surface area contributed by atoms with Crippen molar-refractivity contribution < 1.29 is 9.85 Å². The number of allylic oxidation sites excluding steroid dienone is 2. The van der Waals surface area contributed by atoms with Gasteiger partial charge in [0, 0.05) is 6.07 Å². The molecule has 0 saturated heterocycles. The molecule has 8 heteroatoms. The predicted octanol–water partition coefficient (Wildman–Crippen LogP) is 3.40. The quantitative estimate of drug-likeness (QED) is 0.674. The molecule has 0 saturated carbocycles. The summed E-state index contributed by atoms with van der Waals surface area (Å²) in [7, 11) is 0. The Morgan fingerprint density at radius 1 is 1.14 bits per heavy atom. The predicted molar refractivity (Wildman–Crippen MR) is 78.4 cm³/mol. The van der Waals surface area contributed by atoms with Crippen molar-refractivity contribution in [1.82, 2.24) is 0 Å². The van der Waals surface area contributed by atoms with Gasteiger partial charge in [-0.2, -0.15) is 5.10 Å². The molecule has 1 aliphatic carbocycles. The number of nitrogens with zero attached hydrogens (tertiary/aromatic N) is 3. The third-order valence-corrected chi connectivity index (χ3v) is 3.07. The smallest absolute Gasteiger partial charge is 0.271 e. The molecule has 0 radical (unpaired) electrons. The number of non-ortho nitro benzene ring substituents is 1. The summed E-state index contributed by atoms with van der Waals surface area (Å²) in [6.07, 6.45) is 7.79. The Kier molecular flexibility index (Phi) is 4.60. The second kappa shape index (κ2) is 6.60. The molecule has 0 heterocycles. The van der Waals surface area contributed by atoms with E-state index in [0.717, 1.165) is 37.5 Å². The summed E-state index contributed by atoms with van der Waals surface area (Å²) in [6.45, 7) is 0. The van der Waals surface area contributed by atoms with E-state index in [1.807, 2.05) is 12.2 Å². The molecule has 8 nitrogen and oxygen atoms in total. The molecule has 1 N–H and O–H groups in total. The lowest BCUT2D eigenvalue weighted by atomic mass is 10.2. The minimum Gasteiger partial charge on any atom is -0.271 e. The first-order valence-corrected chi connectivity index (χ1v) is 6.50. The Bertz CT molecular complexity index is 625. The summed E-state index contributed by atoms with van der Waals surface area (Å²) in [6, 6.07) is 3.42. The SMILES string of the molecule is O=[N+]([O-])c1ccc(NN=C2C=CCCCC2)c([N+](=O)[O-])c1. The van der Waals surface area contributed by atoms with E-state index in [4.69, 9.17) is 0 Å². The van der Waals surface area contributed by atoms with E-state index in [0.29, 0.717) is 0 Å². The van der Waals surface area contributed by atoms with Crippen molar-refractivity contribution in [3.63, 3.8) is 0 Å². The van der Waals surface area contributed by atoms with Crippen LogP contribution in [0.1, 0.15) is 25.7 Å². The normalized spacial score (nSPS) is 16.5. The zero-order valence-electron chi connectivity index (χ0n) is 11.2. The lowest BCUT2D eigenvalue weighted by Crippen LogP contribution is -2.01. The Hall–Kier alpha value is -2.77. The Labute approximate surface area is 120 Å². The summed E-state index contributed by atoms with van der Waals surface area (Å²) < 4.78 is 0. The zero-order valence-corrected chi connectivity index (χ0v) is 11.2. The fourth-order valence-electron chi connectivity index (χ4n) is 1.98. The van der Waals surface area contributed by atoms with E-state index >= 15 is 0 Å². The topological polar surface area (TPSA) is 111 Å². The van der Waals surface area contributed by atoms with Crippen LogP contribution in [-0.2, 0) is 0 Å². The second-order valence-corrected chi connectivity index (χ2v) is 4.58. The molecule has 1 aromatic carbocycles. The minimum atomic E-state index is -0.670. The van der Waals surface area contributed by atoms with E-state index in [1.165, 1.54) is 12.1 Å². The van der Waals surface area contributed by atoms with Crippen LogP contribution < -0.4 is 5.43 Å². The first-order valence-electron chi connectivity index (χ1n) is 6.50. The van der Waals surface area contributed by atoms with Crippen LogP contribution in [0.25, 0.3) is 0 Å². The van der Waals surface area contributed by atoms with Gasteiger partial charge in [-0.25, -0.2) is 0 Å². The maximum atomic E-state index is 11.0. The highest BCUT2D eigenvalue weighted by molar-refractivity contribution is 5.95. The van der Waals surface area contributed by atoms with Crippen molar-refractivity contribution >= 4 is 22.8 Å². The molecule has 0 atom stereocenters. The van der Waals surface area contributed by atoms with Crippen molar-refractivity contribution in [2.24, 2.45) is 5.10 Å². The number of benzene rings is 1. The fourth-order valence-corrected chi connectivity index (χ4v) is 1.98. The Morgan fingerprint density at radius 2 is 1.95 bits per heavy atom. The number of hydrogen-bond donors (Lipinski definition) is 1. The van der Waals surface area contributed by atoms with Crippen molar-refractivity contribution in [3.8, 4) is 0 Å². The van der Waals surface area contributed by atoms with Crippen LogP contribution in [0.3, 0.4) is 0 Å². The molecule has 0 bridgehead atoms. The van der Waals surface area contributed by atoms with Gasteiger partial charge in [-0.3, -0.25) is 25.7 Å². The Balaban J connectivity index is 2.24. The number of hydrazone groups is 1. The van der Waals surface area contributed by atoms with E-state index < -0.39 is 9.85 Å². The summed E-state index contributed by atoms with van der Waals surface area (Å²) in [5.41, 5.74) is 2.88. The molecule has 0 spiro atoms. The van der Waals surface area contributed by atoms with Crippen LogP contribution >= 0.6 is 0 Å². The molecule has 0 aliphatic heterocycles. The third kappa shape index (κ3) is 3.85.